The molecule has 32 heavy (non-hydrogen) atoms. The number of thioether (sulfide) groups is 1. The number of benzene rings is 2. The van der Waals surface area contributed by atoms with Crippen molar-refractivity contribution in [3.05, 3.63) is 48.7 Å². The second kappa shape index (κ2) is 9.90. The molecule has 0 saturated heterocycles. The van der Waals surface area contributed by atoms with E-state index in [1.807, 2.05) is 29.7 Å². The number of nitrogens with one attached hydrogen (secondary N) is 1. The lowest BCUT2D eigenvalue weighted by Gasteiger charge is -2.19. The molecule has 1 aliphatic rings. The van der Waals surface area contributed by atoms with Crippen LogP contribution in [0.25, 0.3) is 11.3 Å². The first-order valence-electron chi connectivity index (χ1n) is 9.96. The molecule has 0 bridgehead atoms. The van der Waals surface area contributed by atoms with E-state index in [2.05, 4.69) is 15.0 Å². The van der Waals surface area contributed by atoms with Gasteiger partial charge in [-0.3, -0.25) is 4.79 Å². The molecule has 3 aromatic rings. The van der Waals surface area contributed by atoms with Gasteiger partial charge in [0.05, 0.1) is 17.6 Å². The molecule has 1 aromatic heterocycles. The molecule has 0 saturated carbocycles. The van der Waals surface area contributed by atoms with Gasteiger partial charge in [-0.1, -0.05) is 11.8 Å². The highest BCUT2D eigenvalue weighted by Crippen LogP contribution is 2.35. The minimum Gasteiger partial charge on any atom is -0.486 e. The van der Waals surface area contributed by atoms with Crippen LogP contribution in [0.3, 0.4) is 0 Å². The van der Waals surface area contributed by atoms with E-state index in [1.54, 1.807) is 6.20 Å². The van der Waals surface area contributed by atoms with Gasteiger partial charge in [-0.15, -0.1) is 0 Å². The summed E-state index contributed by atoms with van der Waals surface area (Å²) in [6.45, 7) is 0.855. The summed E-state index contributed by atoms with van der Waals surface area (Å²) in [5, 5.41) is 3.45. The Morgan fingerprint density at radius 1 is 1.19 bits per heavy atom. The fraction of sp³-hybridized carbons (Fsp3) is 0.273. The summed E-state index contributed by atoms with van der Waals surface area (Å²) in [6, 6.07) is 11.5. The minimum atomic E-state index is -2.89. The molecule has 0 fully saturated rings. The topological polar surface area (TPSA) is 74.6 Å². The number of amides is 1. The Morgan fingerprint density at radius 2 is 1.94 bits per heavy atom. The van der Waals surface area contributed by atoms with Crippen LogP contribution in [0.2, 0.25) is 0 Å². The summed E-state index contributed by atoms with van der Waals surface area (Å²) in [5.74, 6) is 1.37. The van der Waals surface area contributed by atoms with Crippen molar-refractivity contribution in [3.8, 4) is 28.5 Å². The highest BCUT2D eigenvalue weighted by atomic mass is 32.2. The normalized spacial score (nSPS) is 12.6. The van der Waals surface area contributed by atoms with E-state index in [0.29, 0.717) is 36.4 Å². The number of hydrogen-bond donors (Lipinski definition) is 1. The van der Waals surface area contributed by atoms with E-state index in [9.17, 15) is 13.6 Å². The number of carbonyl (C=O) groups is 1. The Hall–Kier alpha value is -3.27. The molecular formula is C22H21F2N3O4S. The van der Waals surface area contributed by atoms with E-state index in [1.165, 1.54) is 36.0 Å². The summed E-state index contributed by atoms with van der Waals surface area (Å²) >= 11 is 1.31. The van der Waals surface area contributed by atoms with Crippen LogP contribution in [-0.2, 0) is 11.3 Å². The zero-order valence-corrected chi connectivity index (χ0v) is 18.0. The van der Waals surface area contributed by atoms with Crippen LogP contribution in [0.15, 0.2) is 53.8 Å². The standard InChI is InChI=1S/C22H21F2N3O4S/c1-2-27-17(14-3-8-18-19(11-14)30-10-9-29-18)12-25-22(27)32-13-20(28)26-15-4-6-16(7-5-15)31-21(23)24/h3-8,11-12,21H,2,9-10,13H2,1H3,(H,26,28). The van der Waals surface area contributed by atoms with Crippen LogP contribution >= 0.6 is 11.8 Å². The number of hydrogen-bond acceptors (Lipinski definition) is 6. The predicted octanol–water partition coefficient (Wildman–Crippen LogP) is 4.67. The predicted molar refractivity (Wildman–Crippen MR) is 117 cm³/mol. The van der Waals surface area contributed by atoms with Crippen LogP contribution in [0.5, 0.6) is 17.2 Å². The highest BCUT2D eigenvalue weighted by Gasteiger charge is 2.17. The Kier molecular flexibility index (Phi) is 6.79. The number of carbonyl (C=O) groups excluding carboxylic acids is 1. The summed E-state index contributed by atoms with van der Waals surface area (Å²) in [7, 11) is 0. The third kappa shape index (κ3) is 5.13. The second-order valence-electron chi connectivity index (χ2n) is 6.77. The fourth-order valence-electron chi connectivity index (χ4n) is 3.26. The minimum absolute atomic E-state index is 0.0315. The molecule has 1 N–H and O–H groups in total. The van der Waals surface area contributed by atoms with Crippen molar-refractivity contribution >= 4 is 23.4 Å². The molecule has 1 aliphatic heterocycles. The van der Waals surface area contributed by atoms with Crippen molar-refractivity contribution in [2.75, 3.05) is 24.3 Å². The molecule has 0 atom stereocenters. The van der Waals surface area contributed by atoms with Crippen LogP contribution in [0.4, 0.5) is 14.5 Å². The number of rotatable bonds is 8. The summed E-state index contributed by atoms with van der Waals surface area (Å²) < 4.78 is 42.0. The molecule has 0 aliphatic carbocycles. The zero-order chi connectivity index (χ0) is 22.5. The van der Waals surface area contributed by atoms with E-state index >= 15 is 0 Å². The zero-order valence-electron chi connectivity index (χ0n) is 17.2. The van der Waals surface area contributed by atoms with Crippen molar-refractivity contribution in [3.63, 3.8) is 0 Å². The first-order chi connectivity index (χ1) is 15.5. The quantitative estimate of drug-likeness (QED) is 0.492. The molecule has 168 valence electrons. The van der Waals surface area contributed by atoms with Gasteiger partial charge < -0.3 is 24.1 Å². The lowest BCUT2D eigenvalue weighted by atomic mass is 10.1. The molecule has 10 heteroatoms. The molecule has 2 heterocycles. The molecule has 0 radical (unpaired) electrons. The van der Waals surface area contributed by atoms with Crippen LogP contribution in [0, 0.1) is 0 Å². The third-order valence-electron chi connectivity index (χ3n) is 4.67. The van der Waals surface area contributed by atoms with Crippen molar-refractivity contribution < 1.29 is 27.8 Å². The Balaban J connectivity index is 1.39. The average Bonchev–Trinajstić information content (AvgIpc) is 3.21. The van der Waals surface area contributed by atoms with E-state index in [0.717, 1.165) is 17.0 Å². The van der Waals surface area contributed by atoms with Crippen LogP contribution in [-0.4, -0.2) is 41.0 Å². The Morgan fingerprint density at radius 3 is 2.66 bits per heavy atom. The molecular weight excluding hydrogens is 440 g/mol. The lowest BCUT2D eigenvalue weighted by Crippen LogP contribution is -2.15. The number of imidazole rings is 1. The third-order valence-corrected chi connectivity index (χ3v) is 5.66. The van der Waals surface area contributed by atoms with E-state index in [4.69, 9.17) is 9.47 Å². The van der Waals surface area contributed by atoms with Crippen LogP contribution < -0.4 is 19.5 Å². The van der Waals surface area contributed by atoms with Crippen molar-refractivity contribution in [1.29, 1.82) is 0 Å². The molecule has 7 nitrogen and oxygen atoms in total. The lowest BCUT2D eigenvalue weighted by molar-refractivity contribution is -0.113. The van der Waals surface area contributed by atoms with E-state index < -0.39 is 6.61 Å². The largest absolute Gasteiger partial charge is 0.486 e. The summed E-state index contributed by atoms with van der Waals surface area (Å²) in [4.78, 5) is 16.8. The summed E-state index contributed by atoms with van der Waals surface area (Å²) in [6.07, 6.45) is 1.77. The molecule has 1 amide bonds. The monoisotopic (exact) mass is 461 g/mol. The van der Waals surface area contributed by atoms with Gasteiger partial charge in [0.25, 0.3) is 0 Å². The van der Waals surface area contributed by atoms with Gasteiger partial charge in [-0.05, 0) is 49.4 Å². The maximum absolute atomic E-state index is 12.3. The number of ether oxygens (including phenoxy) is 3. The molecule has 0 unspecified atom stereocenters. The second-order valence-corrected chi connectivity index (χ2v) is 7.71. The van der Waals surface area contributed by atoms with Gasteiger partial charge in [-0.25, -0.2) is 4.98 Å². The van der Waals surface area contributed by atoms with Gasteiger partial charge in [-0.2, -0.15) is 8.78 Å². The van der Waals surface area contributed by atoms with Crippen molar-refractivity contribution in [2.45, 2.75) is 25.2 Å². The molecule has 4 rings (SSSR count). The van der Waals surface area contributed by atoms with Crippen LogP contribution in [0.1, 0.15) is 6.92 Å². The summed E-state index contributed by atoms with van der Waals surface area (Å²) in [5.41, 5.74) is 2.36. The van der Waals surface area contributed by atoms with Gasteiger partial charge in [0.2, 0.25) is 5.91 Å². The average molecular weight is 461 g/mol. The van der Waals surface area contributed by atoms with Gasteiger partial charge in [0.1, 0.15) is 19.0 Å². The number of nitrogens with zero attached hydrogens (tertiary/aromatic N) is 2. The first-order valence-corrected chi connectivity index (χ1v) is 10.9. The maximum atomic E-state index is 12.3. The number of alkyl halides is 2. The van der Waals surface area contributed by atoms with Gasteiger partial charge >= 0.3 is 6.61 Å². The Bertz CT molecular complexity index is 1090. The Labute approximate surface area is 187 Å². The van der Waals surface area contributed by atoms with Gasteiger partial charge in [0, 0.05) is 17.8 Å². The first kappa shape index (κ1) is 21.9. The van der Waals surface area contributed by atoms with Gasteiger partial charge in [0.15, 0.2) is 16.7 Å². The number of halogens is 2. The van der Waals surface area contributed by atoms with Crippen molar-refractivity contribution in [2.24, 2.45) is 0 Å². The molecule has 0 spiro atoms. The smallest absolute Gasteiger partial charge is 0.387 e. The number of anilines is 1. The number of fused-ring (bicyclic) bond motifs is 1. The van der Waals surface area contributed by atoms with E-state index in [-0.39, 0.29) is 17.4 Å². The fourth-order valence-corrected chi connectivity index (χ4v) is 4.10. The maximum Gasteiger partial charge on any atom is 0.387 e. The number of aromatic nitrogens is 2. The molecule has 2 aromatic carbocycles. The highest BCUT2D eigenvalue weighted by molar-refractivity contribution is 7.99. The van der Waals surface area contributed by atoms with Crippen molar-refractivity contribution in [1.82, 2.24) is 9.55 Å². The SMILES string of the molecule is CCn1c(-c2ccc3c(c2)OCCO3)cnc1SCC(=O)Nc1ccc(OC(F)F)cc1.